The molecule has 4 rings (SSSR count). The van der Waals surface area contributed by atoms with Crippen LogP contribution in [0.25, 0.3) is 11.1 Å². The molecule has 0 saturated heterocycles. The summed E-state index contributed by atoms with van der Waals surface area (Å²) in [6.07, 6.45) is 9.65. The van der Waals surface area contributed by atoms with Crippen LogP contribution in [0.3, 0.4) is 0 Å². The summed E-state index contributed by atoms with van der Waals surface area (Å²) in [6, 6.07) is 36.6. The molecule has 0 saturated carbocycles. The van der Waals surface area contributed by atoms with E-state index in [4.69, 9.17) is 15.7 Å². The number of benzene rings is 4. The van der Waals surface area contributed by atoms with E-state index in [-0.39, 0.29) is 33.6 Å². The van der Waals surface area contributed by atoms with Crippen LogP contribution in [-0.2, 0) is 46.5 Å². The second kappa shape index (κ2) is 24.7. The average Bonchev–Trinajstić information content (AvgIpc) is 3.10. The fraction of sp³-hybridized carbons (Fsp3) is 0.300. The third kappa shape index (κ3) is 15.8. The zero-order chi connectivity index (χ0) is 31.8. The Kier molecular flexibility index (Phi) is 21.6. The van der Waals surface area contributed by atoms with Gasteiger partial charge in [-0.25, -0.2) is 0 Å². The standard InChI is InChI=1S/C26H32N2.2C7H8O.Pd/c1-4-7-11-22-14-10-16-25(18-22)26(19-23(20-28-27)12-8-5-2)24-15-9-13-21(6-3)17-24;2*8-6-7-4-2-1-3-5-7;/h9-10,13-19H,4-8,11-12H2,1-3H3;2*1-5,8H,6H2;. The van der Waals surface area contributed by atoms with Crippen molar-refractivity contribution >= 4 is 11.4 Å². The summed E-state index contributed by atoms with van der Waals surface area (Å²) < 4.78 is 0. The third-order valence-electron chi connectivity index (χ3n) is 7.07. The first-order valence-electron chi connectivity index (χ1n) is 15.7. The number of nitrogens with zero attached hydrogens (tertiary/aromatic N) is 2. The van der Waals surface area contributed by atoms with E-state index in [1.165, 1.54) is 35.1 Å². The molecular formula is C40H48N2O2Pd. The van der Waals surface area contributed by atoms with Gasteiger partial charge in [0.05, 0.1) is 18.8 Å². The molecule has 240 valence electrons. The minimum atomic E-state index is 0. The molecule has 0 heterocycles. The van der Waals surface area contributed by atoms with Crippen molar-refractivity contribution in [1.82, 2.24) is 0 Å². The molecule has 4 aromatic carbocycles. The van der Waals surface area contributed by atoms with Gasteiger partial charge in [-0.15, -0.1) is 4.79 Å². The largest absolute Gasteiger partial charge is 0.392 e. The summed E-state index contributed by atoms with van der Waals surface area (Å²) in [5.41, 5.74) is 18.2. The van der Waals surface area contributed by atoms with Crippen molar-refractivity contribution in [2.24, 2.45) is 0 Å². The molecule has 0 aliphatic carbocycles. The predicted molar refractivity (Wildman–Crippen MR) is 184 cm³/mol. The Morgan fingerprint density at radius 2 is 1.16 bits per heavy atom. The Morgan fingerprint density at radius 3 is 1.60 bits per heavy atom. The predicted octanol–water partition coefficient (Wildman–Crippen LogP) is 9.39. The molecule has 0 bridgehead atoms. The van der Waals surface area contributed by atoms with Crippen LogP contribution in [0, 0.1) is 0 Å². The normalized spacial score (nSPS) is 10.1. The van der Waals surface area contributed by atoms with Crippen LogP contribution in [0.4, 0.5) is 0 Å². The van der Waals surface area contributed by atoms with E-state index in [0.29, 0.717) is 0 Å². The van der Waals surface area contributed by atoms with Gasteiger partial charge in [-0.1, -0.05) is 143 Å². The van der Waals surface area contributed by atoms with Crippen LogP contribution in [-0.4, -0.2) is 20.9 Å². The van der Waals surface area contributed by atoms with E-state index in [0.717, 1.165) is 54.4 Å². The topological polar surface area (TPSA) is 76.9 Å². The van der Waals surface area contributed by atoms with Gasteiger partial charge in [-0.2, -0.15) is 0 Å². The van der Waals surface area contributed by atoms with Gasteiger partial charge in [-0.05, 0) is 77.1 Å². The number of aliphatic hydroxyl groups is 2. The molecule has 0 fully saturated rings. The SMILES string of the molecule is CCCCC(=C=[N+]=[N-])C=C(c1cccc(CC)c1)c1cccc(CCCC)c1.OCc1ccccc1.OCc1ccccc1.[Pd]. The van der Waals surface area contributed by atoms with Gasteiger partial charge in [0.15, 0.2) is 0 Å². The second-order valence-electron chi connectivity index (χ2n) is 10.5. The number of hydrogen-bond donors (Lipinski definition) is 2. The molecular weight excluding hydrogens is 647 g/mol. The molecule has 0 amide bonds. The maximum absolute atomic E-state index is 9.08. The molecule has 0 aliphatic heterocycles. The van der Waals surface area contributed by atoms with Gasteiger partial charge in [0, 0.05) is 20.4 Å². The van der Waals surface area contributed by atoms with Gasteiger partial charge < -0.3 is 15.7 Å². The van der Waals surface area contributed by atoms with E-state index in [2.05, 4.69) is 86.0 Å². The van der Waals surface area contributed by atoms with Crippen LogP contribution in [0.1, 0.15) is 86.3 Å². The maximum Gasteiger partial charge on any atom is 0.303 e. The van der Waals surface area contributed by atoms with E-state index >= 15 is 0 Å². The first-order valence-corrected chi connectivity index (χ1v) is 15.7. The number of aliphatic hydroxyl groups excluding tert-OH is 2. The second-order valence-corrected chi connectivity index (χ2v) is 10.5. The summed E-state index contributed by atoms with van der Waals surface area (Å²) >= 11 is 0. The summed E-state index contributed by atoms with van der Waals surface area (Å²) in [7, 11) is 0. The van der Waals surface area contributed by atoms with Crippen molar-refractivity contribution in [3.05, 3.63) is 160 Å². The van der Waals surface area contributed by atoms with Gasteiger partial charge in [0.25, 0.3) is 0 Å². The first-order chi connectivity index (χ1) is 21.6. The van der Waals surface area contributed by atoms with Crippen LogP contribution < -0.4 is 0 Å². The van der Waals surface area contributed by atoms with Crippen LogP contribution in [0.2, 0.25) is 0 Å². The van der Waals surface area contributed by atoms with Gasteiger partial charge >= 0.3 is 5.87 Å². The Morgan fingerprint density at radius 1 is 0.667 bits per heavy atom. The van der Waals surface area contributed by atoms with Crippen molar-refractivity contribution < 1.29 is 35.4 Å². The number of aryl methyl sites for hydroxylation is 2. The number of rotatable bonds is 12. The Hall–Kier alpha value is -3.64. The molecule has 4 nitrogen and oxygen atoms in total. The Labute approximate surface area is 284 Å². The molecule has 0 atom stereocenters. The maximum atomic E-state index is 9.08. The number of unbranched alkanes of at least 4 members (excludes halogenated alkanes) is 2. The van der Waals surface area contributed by atoms with E-state index in [1.807, 2.05) is 60.7 Å². The van der Waals surface area contributed by atoms with Gasteiger partial charge in [0.2, 0.25) is 0 Å². The fourth-order valence-corrected chi connectivity index (χ4v) is 4.50. The molecule has 0 aliphatic rings. The van der Waals surface area contributed by atoms with E-state index < -0.39 is 0 Å². The first kappa shape index (κ1) is 39.4. The van der Waals surface area contributed by atoms with Crippen molar-refractivity contribution in [3.8, 4) is 0 Å². The smallest absolute Gasteiger partial charge is 0.303 e. The van der Waals surface area contributed by atoms with Gasteiger partial charge in [0.1, 0.15) is 0 Å². The van der Waals surface area contributed by atoms with Crippen LogP contribution in [0.15, 0.2) is 121 Å². The molecule has 5 heteroatoms. The minimum Gasteiger partial charge on any atom is -0.392 e. The molecule has 4 aromatic rings. The third-order valence-corrected chi connectivity index (χ3v) is 7.07. The van der Waals surface area contributed by atoms with Crippen molar-refractivity contribution in [1.29, 1.82) is 0 Å². The quantitative estimate of drug-likeness (QED) is 0.0510. The number of allylic oxidation sites excluding steroid dienone is 2. The van der Waals surface area contributed by atoms with Crippen LogP contribution in [0.5, 0.6) is 0 Å². The van der Waals surface area contributed by atoms with Gasteiger partial charge in [-0.3, -0.25) is 0 Å². The summed E-state index contributed by atoms with van der Waals surface area (Å²) in [6.45, 7) is 6.85. The zero-order valence-electron chi connectivity index (χ0n) is 26.9. The minimum absolute atomic E-state index is 0. The summed E-state index contributed by atoms with van der Waals surface area (Å²) in [5.74, 6) is 2.79. The summed E-state index contributed by atoms with van der Waals surface area (Å²) in [5, 5.41) is 17.1. The molecule has 0 aromatic heterocycles. The monoisotopic (exact) mass is 694 g/mol. The Bertz CT molecular complexity index is 1430. The molecule has 0 spiro atoms. The fourth-order valence-electron chi connectivity index (χ4n) is 4.50. The average molecular weight is 695 g/mol. The molecule has 2 N–H and O–H groups in total. The van der Waals surface area contributed by atoms with E-state index in [1.54, 1.807) is 0 Å². The molecule has 0 radical (unpaired) electrons. The van der Waals surface area contributed by atoms with Crippen molar-refractivity contribution in [2.45, 2.75) is 78.9 Å². The molecule has 45 heavy (non-hydrogen) atoms. The van der Waals surface area contributed by atoms with Crippen molar-refractivity contribution in [2.75, 3.05) is 0 Å². The van der Waals surface area contributed by atoms with Crippen LogP contribution >= 0.6 is 0 Å². The Balaban J connectivity index is 0.000000481. The summed E-state index contributed by atoms with van der Waals surface area (Å²) in [4.78, 5) is 3.19. The van der Waals surface area contributed by atoms with Crippen molar-refractivity contribution in [3.63, 3.8) is 0 Å². The zero-order valence-corrected chi connectivity index (χ0v) is 28.5. The molecule has 0 unspecified atom stereocenters. The van der Waals surface area contributed by atoms with E-state index in [9.17, 15) is 0 Å². The number of hydrogen-bond acceptors (Lipinski definition) is 2.